The first kappa shape index (κ1) is 13.6. The van der Waals surface area contributed by atoms with Crippen molar-refractivity contribution in [2.75, 3.05) is 17.7 Å². The van der Waals surface area contributed by atoms with Gasteiger partial charge in [-0.1, -0.05) is 12.1 Å². The molecule has 2 aromatic carbocycles. The van der Waals surface area contributed by atoms with Crippen LogP contribution in [0.25, 0.3) is 0 Å². The fraction of sp³-hybridized carbons (Fsp3) is 0.188. The Kier molecular flexibility index (Phi) is 3.58. The maximum Gasteiger partial charge on any atom is 0.251 e. The SMILES string of the molecule is COCc1cccc(NC2C(=O)Nc3ccc(F)cc32)c1. The molecule has 2 N–H and O–H groups in total. The second-order valence-corrected chi connectivity index (χ2v) is 4.93. The molecule has 1 unspecified atom stereocenters. The zero-order chi connectivity index (χ0) is 14.8. The lowest BCUT2D eigenvalue weighted by Crippen LogP contribution is -2.19. The molecule has 1 heterocycles. The van der Waals surface area contributed by atoms with Gasteiger partial charge in [0.2, 0.25) is 0 Å². The first-order valence-corrected chi connectivity index (χ1v) is 6.62. The molecule has 4 nitrogen and oxygen atoms in total. The molecule has 3 rings (SSSR count). The second-order valence-electron chi connectivity index (χ2n) is 4.93. The Morgan fingerprint density at radius 1 is 1.29 bits per heavy atom. The molecule has 0 saturated heterocycles. The van der Waals surface area contributed by atoms with Crippen LogP contribution in [0.5, 0.6) is 0 Å². The summed E-state index contributed by atoms with van der Waals surface area (Å²) in [6.45, 7) is 0.498. The van der Waals surface area contributed by atoms with E-state index in [2.05, 4.69) is 10.6 Å². The second kappa shape index (κ2) is 5.54. The summed E-state index contributed by atoms with van der Waals surface area (Å²) >= 11 is 0. The summed E-state index contributed by atoms with van der Waals surface area (Å²) < 4.78 is 18.5. The lowest BCUT2D eigenvalue weighted by atomic mass is 10.1. The smallest absolute Gasteiger partial charge is 0.251 e. The van der Waals surface area contributed by atoms with E-state index in [1.807, 2.05) is 24.3 Å². The first-order valence-electron chi connectivity index (χ1n) is 6.62. The molecule has 0 bridgehead atoms. The molecule has 0 spiro atoms. The summed E-state index contributed by atoms with van der Waals surface area (Å²) in [5, 5.41) is 5.88. The molecule has 5 heteroatoms. The summed E-state index contributed by atoms with van der Waals surface area (Å²) in [5.41, 5.74) is 3.06. The normalized spacial score (nSPS) is 16.5. The van der Waals surface area contributed by atoms with Crippen LogP contribution in [0.1, 0.15) is 17.2 Å². The molecule has 0 aromatic heterocycles. The van der Waals surface area contributed by atoms with Gasteiger partial charge in [-0.15, -0.1) is 0 Å². The van der Waals surface area contributed by atoms with Gasteiger partial charge in [0.15, 0.2) is 0 Å². The van der Waals surface area contributed by atoms with E-state index in [9.17, 15) is 9.18 Å². The van der Waals surface area contributed by atoms with Crippen LogP contribution in [-0.2, 0) is 16.1 Å². The van der Waals surface area contributed by atoms with Crippen molar-refractivity contribution in [3.63, 3.8) is 0 Å². The minimum Gasteiger partial charge on any atom is -0.380 e. The third kappa shape index (κ3) is 2.73. The van der Waals surface area contributed by atoms with Crippen molar-refractivity contribution >= 4 is 17.3 Å². The van der Waals surface area contributed by atoms with Gasteiger partial charge >= 0.3 is 0 Å². The van der Waals surface area contributed by atoms with Crippen molar-refractivity contribution in [3.05, 3.63) is 59.4 Å². The first-order chi connectivity index (χ1) is 10.2. The zero-order valence-corrected chi connectivity index (χ0v) is 11.5. The predicted molar refractivity (Wildman–Crippen MR) is 78.5 cm³/mol. The Bertz CT molecular complexity index is 688. The average Bonchev–Trinajstić information content (AvgIpc) is 2.76. The molecule has 0 saturated carbocycles. The van der Waals surface area contributed by atoms with Crippen LogP contribution in [-0.4, -0.2) is 13.0 Å². The zero-order valence-electron chi connectivity index (χ0n) is 11.5. The van der Waals surface area contributed by atoms with Crippen LogP contribution in [0.4, 0.5) is 15.8 Å². The van der Waals surface area contributed by atoms with Gasteiger partial charge in [0.05, 0.1) is 6.61 Å². The van der Waals surface area contributed by atoms with E-state index in [1.165, 1.54) is 12.1 Å². The van der Waals surface area contributed by atoms with Gasteiger partial charge < -0.3 is 15.4 Å². The van der Waals surface area contributed by atoms with Gasteiger partial charge in [-0.3, -0.25) is 4.79 Å². The maximum atomic E-state index is 13.4. The van der Waals surface area contributed by atoms with Crippen LogP contribution in [0.15, 0.2) is 42.5 Å². The van der Waals surface area contributed by atoms with Gasteiger partial charge in [-0.2, -0.15) is 0 Å². The number of carbonyl (C=O) groups excluding carboxylic acids is 1. The molecule has 0 radical (unpaired) electrons. The molecule has 0 fully saturated rings. The monoisotopic (exact) mass is 286 g/mol. The van der Waals surface area contributed by atoms with Crippen molar-refractivity contribution in [1.82, 2.24) is 0 Å². The van der Waals surface area contributed by atoms with E-state index in [4.69, 9.17) is 4.74 Å². The van der Waals surface area contributed by atoms with E-state index in [1.54, 1.807) is 13.2 Å². The summed E-state index contributed by atoms with van der Waals surface area (Å²) in [5.74, 6) is -0.544. The van der Waals surface area contributed by atoms with Crippen molar-refractivity contribution in [3.8, 4) is 0 Å². The predicted octanol–water partition coefficient (Wildman–Crippen LogP) is 3.08. The van der Waals surface area contributed by atoms with Crippen LogP contribution in [0.2, 0.25) is 0 Å². The fourth-order valence-corrected chi connectivity index (χ4v) is 2.46. The topological polar surface area (TPSA) is 50.4 Å². The molecule has 1 atom stereocenters. The average molecular weight is 286 g/mol. The highest BCUT2D eigenvalue weighted by Crippen LogP contribution is 2.33. The largest absolute Gasteiger partial charge is 0.380 e. The number of hydrogen-bond acceptors (Lipinski definition) is 3. The lowest BCUT2D eigenvalue weighted by Gasteiger charge is -2.14. The standard InChI is InChI=1S/C16H15FN2O2/c1-21-9-10-3-2-4-12(7-10)18-15-13-8-11(17)5-6-14(13)19-16(15)20/h2-8,15,18H,9H2,1H3,(H,19,20). The minimum atomic E-state index is -0.589. The number of anilines is 2. The number of benzene rings is 2. The number of halogens is 1. The summed E-state index contributed by atoms with van der Waals surface area (Å²) in [6, 6.07) is 11.3. The number of nitrogens with one attached hydrogen (secondary N) is 2. The van der Waals surface area contributed by atoms with Gasteiger partial charge in [-0.05, 0) is 35.9 Å². The van der Waals surface area contributed by atoms with Crippen LogP contribution < -0.4 is 10.6 Å². The van der Waals surface area contributed by atoms with Gasteiger partial charge in [-0.25, -0.2) is 4.39 Å². The summed E-state index contributed by atoms with van der Waals surface area (Å²) in [6.07, 6.45) is 0. The van der Waals surface area contributed by atoms with E-state index in [0.29, 0.717) is 17.9 Å². The molecule has 108 valence electrons. The number of amides is 1. The van der Waals surface area contributed by atoms with E-state index in [-0.39, 0.29) is 11.7 Å². The number of carbonyl (C=O) groups is 1. The van der Waals surface area contributed by atoms with Crippen LogP contribution in [0.3, 0.4) is 0 Å². The molecule has 0 aliphatic carbocycles. The molecule has 21 heavy (non-hydrogen) atoms. The van der Waals surface area contributed by atoms with Crippen molar-refractivity contribution in [1.29, 1.82) is 0 Å². The van der Waals surface area contributed by atoms with Crippen LogP contribution in [0, 0.1) is 5.82 Å². The number of methoxy groups -OCH3 is 1. The van der Waals surface area contributed by atoms with Crippen LogP contribution >= 0.6 is 0 Å². The number of ether oxygens (including phenoxy) is 1. The molecule has 2 aromatic rings. The summed E-state index contributed by atoms with van der Waals surface area (Å²) in [7, 11) is 1.63. The molecule has 1 aliphatic rings. The summed E-state index contributed by atoms with van der Waals surface area (Å²) in [4.78, 5) is 12.0. The highest BCUT2D eigenvalue weighted by molar-refractivity contribution is 6.04. The Balaban J connectivity index is 1.87. The van der Waals surface area contributed by atoms with Gasteiger partial charge in [0, 0.05) is 24.0 Å². The number of fused-ring (bicyclic) bond motifs is 1. The van der Waals surface area contributed by atoms with Gasteiger partial charge in [0.1, 0.15) is 11.9 Å². The third-order valence-corrected chi connectivity index (χ3v) is 3.39. The Morgan fingerprint density at radius 3 is 2.95 bits per heavy atom. The Morgan fingerprint density at radius 2 is 2.14 bits per heavy atom. The maximum absolute atomic E-state index is 13.4. The Hall–Kier alpha value is -2.40. The molecule has 1 aliphatic heterocycles. The molecular formula is C16H15FN2O2. The minimum absolute atomic E-state index is 0.187. The number of hydrogen-bond donors (Lipinski definition) is 2. The van der Waals surface area contributed by atoms with Crippen molar-refractivity contribution < 1.29 is 13.9 Å². The third-order valence-electron chi connectivity index (χ3n) is 3.39. The van der Waals surface area contributed by atoms with E-state index < -0.39 is 6.04 Å². The Labute approximate surface area is 121 Å². The van der Waals surface area contributed by atoms with Gasteiger partial charge in [0.25, 0.3) is 5.91 Å². The van der Waals surface area contributed by atoms with Crippen molar-refractivity contribution in [2.24, 2.45) is 0 Å². The number of rotatable bonds is 4. The fourth-order valence-electron chi connectivity index (χ4n) is 2.46. The van der Waals surface area contributed by atoms with E-state index in [0.717, 1.165) is 11.3 Å². The molecule has 1 amide bonds. The quantitative estimate of drug-likeness (QED) is 0.908. The highest BCUT2D eigenvalue weighted by atomic mass is 19.1. The van der Waals surface area contributed by atoms with E-state index >= 15 is 0 Å². The molecular weight excluding hydrogens is 271 g/mol. The van der Waals surface area contributed by atoms with Crippen molar-refractivity contribution in [2.45, 2.75) is 12.6 Å². The lowest BCUT2D eigenvalue weighted by molar-refractivity contribution is -0.116. The highest BCUT2D eigenvalue weighted by Gasteiger charge is 2.30.